The standard InChI is InChI=1S/C12H22ClNO4/c1-6-8(2)9(10(15)17-7-13)14-11(16)18-12(3,4)5/h8-9H,6-7H2,1-5H3,(H,14,16). The minimum atomic E-state index is -0.747. The molecule has 0 radical (unpaired) electrons. The number of halogens is 1. The number of esters is 1. The van der Waals surface area contributed by atoms with Gasteiger partial charge in [0, 0.05) is 0 Å². The van der Waals surface area contributed by atoms with Crippen LogP contribution in [0.4, 0.5) is 4.79 Å². The van der Waals surface area contributed by atoms with Crippen molar-refractivity contribution in [2.24, 2.45) is 5.92 Å². The highest BCUT2D eigenvalue weighted by Gasteiger charge is 2.29. The summed E-state index contributed by atoms with van der Waals surface area (Å²) in [6.45, 7) is 9.02. The number of nitrogens with one attached hydrogen (secondary N) is 1. The minimum Gasteiger partial charge on any atom is -0.448 e. The van der Waals surface area contributed by atoms with Gasteiger partial charge in [0.1, 0.15) is 11.6 Å². The van der Waals surface area contributed by atoms with E-state index in [1.807, 2.05) is 13.8 Å². The lowest BCUT2D eigenvalue weighted by Gasteiger charge is -2.25. The van der Waals surface area contributed by atoms with Crippen molar-refractivity contribution in [3.05, 3.63) is 0 Å². The van der Waals surface area contributed by atoms with E-state index in [1.54, 1.807) is 20.8 Å². The van der Waals surface area contributed by atoms with Crippen molar-refractivity contribution in [3.8, 4) is 0 Å². The smallest absolute Gasteiger partial charge is 0.408 e. The molecule has 0 saturated carbocycles. The highest BCUT2D eigenvalue weighted by molar-refractivity contribution is 6.17. The van der Waals surface area contributed by atoms with Gasteiger partial charge >= 0.3 is 12.1 Å². The van der Waals surface area contributed by atoms with Crippen LogP contribution in [-0.2, 0) is 14.3 Å². The predicted molar refractivity (Wildman–Crippen MR) is 69.4 cm³/mol. The van der Waals surface area contributed by atoms with Crippen molar-refractivity contribution in [1.29, 1.82) is 0 Å². The molecule has 0 aromatic rings. The first-order valence-corrected chi connectivity index (χ1v) is 6.46. The fraction of sp³-hybridized carbons (Fsp3) is 0.833. The second kappa shape index (κ2) is 7.46. The number of amides is 1. The van der Waals surface area contributed by atoms with Gasteiger partial charge in [0.2, 0.25) is 0 Å². The summed E-state index contributed by atoms with van der Waals surface area (Å²) in [5.74, 6) is -0.613. The fourth-order valence-corrected chi connectivity index (χ4v) is 1.35. The van der Waals surface area contributed by atoms with Gasteiger partial charge < -0.3 is 14.8 Å². The molecule has 0 heterocycles. The molecule has 1 N–H and O–H groups in total. The molecular formula is C12H22ClNO4. The molecule has 0 aliphatic heterocycles. The number of hydrogen-bond donors (Lipinski definition) is 1. The van der Waals surface area contributed by atoms with Crippen LogP contribution >= 0.6 is 11.6 Å². The van der Waals surface area contributed by atoms with Gasteiger partial charge in [-0.3, -0.25) is 0 Å². The normalized spacial score (nSPS) is 14.6. The van der Waals surface area contributed by atoms with E-state index < -0.39 is 23.7 Å². The fourth-order valence-electron chi connectivity index (χ4n) is 1.25. The van der Waals surface area contributed by atoms with E-state index in [9.17, 15) is 9.59 Å². The molecule has 2 unspecified atom stereocenters. The highest BCUT2D eigenvalue weighted by Crippen LogP contribution is 2.12. The maximum atomic E-state index is 11.7. The molecule has 6 heteroatoms. The number of rotatable bonds is 5. The Morgan fingerprint density at radius 3 is 2.28 bits per heavy atom. The maximum Gasteiger partial charge on any atom is 0.408 e. The number of alkyl halides is 1. The largest absolute Gasteiger partial charge is 0.448 e. The highest BCUT2D eigenvalue weighted by atomic mass is 35.5. The van der Waals surface area contributed by atoms with Crippen LogP contribution in [0.1, 0.15) is 41.0 Å². The van der Waals surface area contributed by atoms with Crippen molar-refractivity contribution >= 4 is 23.7 Å². The number of carbonyl (C=O) groups excluding carboxylic acids is 2. The van der Waals surface area contributed by atoms with E-state index in [1.165, 1.54) is 0 Å². The predicted octanol–water partition coefficient (Wildman–Crippen LogP) is 2.67. The number of hydrogen-bond acceptors (Lipinski definition) is 4. The Morgan fingerprint density at radius 1 is 1.33 bits per heavy atom. The molecule has 0 aromatic heterocycles. The first-order chi connectivity index (χ1) is 8.21. The van der Waals surface area contributed by atoms with E-state index in [0.717, 1.165) is 6.42 Å². The van der Waals surface area contributed by atoms with E-state index >= 15 is 0 Å². The molecule has 0 rings (SSSR count). The van der Waals surface area contributed by atoms with Crippen LogP contribution in [0.5, 0.6) is 0 Å². The van der Waals surface area contributed by atoms with Crippen LogP contribution in [-0.4, -0.2) is 29.8 Å². The van der Waals surface area contributed by atoms with Crippen LogP contribution in [0, 0.1) is 5.92 Å². The Labute approximate surface area is 113 Å². The van der Waals surface area contributed by atoms with Crippen molar-refractivity contribution in [2.45, 2.75) is 52.7 Å². The van der Waals surface area contributed by atoms with E-state index in [0.29, 0.717) is 0 Å². The molecule has 0 aromatic carbocycles. The average Bonchev–Trinajstić information content (AvgIpc) is 2.22. The summed E-state index contributed by atoms with van der Waals surface area (Å²) < 4.78 is 9.81. The lowest BCUT2D eigenvalue weighted by atomic mass is 9.99. The van der Waals surface area contributed by atoms with Gasteiger partial charge in [-0.15, -0.1) is 0 Å². The minimum absolute atomic E-state index is 0.0618. The van der Waals surface area contributed by atoms with E-state index in [4.69, 9.17) is 21.1 Å². The van der Waals surface area contributed by atoms with Crippen LogP contribution < -0.4 is 5.32 Å². The molecule has 0 spiro atoms. The van der Waals surface area contributed by atoms with E-state index in [2.05, 4.69) is 5.32 Å². The van der Waals surface area contributed by atoms with Crippen molar-refractivity contribution in [3.63, 3.8) is 0 Å². The van der Waals surface area contributed by atoms with Gasteiger partial charge in [-0.2, -0.15) is 0 Å². The Kier molecular flexibility index (Phi) is 7.06. The summed E-state index contributed by atoms with van der Waals surface area (Å²) in [5.41, 5.74) is -0.611. The summed E-state index contributed by atoms with van der Waals surface area (Å²) in [6, 6.07) is -0.981. The Balaban J connectivity index is 4.59. The molecule has 0 aliphatic carbocycles. The maximum absolute atomic E-state index is 11.7. The second-order valence-corrected chi connectivity index (χ2v) is 5.30. The third-order valence-corrected chi connectivity index (χ3v) is 2.45. The molecule has 5 nitrogen and oxygen atoms in total. The SMILES string of the molecule is CCC(C)C(NC(=O)OC(C)(C)C)C(=O)OCCl. The number of carbonyl (C=O) groups is 2. The van der Waals surface area contributed by atoms with Gasteiger partial charge in [0.25, 0.3) is 0 Å². The van der Waals surface area contributed by atoms with Crippen LogP contribution in [0.2, 0.25) is 0 Å². The monoisotopic (exact) mass is 279 g/mol. The first kappa shape index (κ1) is 17.0. The molecule has 106 valence electrons. The number of ether oxygens (including phenoxy) is 2. The Hall–Kier alpha value is -0.970. The topological polar surface area (TPSA) is 64.6 Å². The lowest BCUT2D eigenvalue weighted by Crippen LogP contribution is -2.47. The van der Waals surface area contributed by atoms with Crippen molar-refractivity contribution in [2.75, 3.05) is 6.07 Å². The van der Waals surface area contributed by atoms with Crippen LogP contribution in [0.15, 0.2) is 0 Å². The molecule has 0 fully saturated rings. The zero-order valence-corrected chi connectivity index (χ0v) is 12.3. The molecule has 1 amide bonds. The first-order valence-electron chi connectivity index (χ1n) is 5.93. The quantitative estimate of drug-likeness (QED) is 0.621. The lowest BCUT2D eigenvalue weighted by molar-refractivity contribution is -0.145. The second-order valence-electron chi connectivity index (χ2n) is 5.08. The van der Waals surface area contributed by atoms with Gasteiger partial charge in [-0.25, -0.2) is 9.59 Å². The molecule has 0 aliphatic rings. The summed E-state index contributed by atoms with van der Waals surface area (Å²) in [5, 5.41) is 2.51. The third-order valence-electron chi connectivity index (χ3n) is 2.34. The van der Waals surface area contributed by atoms with Crippen LogP contribution in [0.3, 0.4) is 0 Å². The summed E-state index contributed by atoms with van der Waals surface area (Å²) in [7, 11) is 0. The molecule has 0 bridgehead atoms. The van der Waals surface area contributed by atoms with Gasteiger partial charge in [0.05, 0.1) is 0 Å². The van der Waals surface area contributed by atoms with Crippen LogP contribution in [0.25, 0.3) is 0 Å². The Bertz CT molecular complexity index is 288. The van der Waals surface area contributed by atoms with Crippen molar-refractivity contribution in [1.82, 2.24) is 5.32 Å². The zero-order chi connectivity index (χ0) is 14.3. The van der Waals surface area contributed by atoms with Gasteiger partial charge in [-0.1, -0.05) is 31.9 Å². The molecule has 18 heavy (non-hydrogen) atoms. The Morgan fingerprint density at radius 2 is 1.89 bits per heavy atom. The summed E-state index contributed by atoms with van der Waals surface area (Å²) >= 11 is 5.34. The average molecular weight is 280 g/mol. The third kappa shape index (κ3) is 6.69. The molecular weight excluding hydrogens is 258 g/mol. The van der Waals surface area contributed by atoms with Crippen molar-refractivity contribution < 1.29 is 19.1 Å². The molecule has 0 saturated heterocycles. The van der Waals surface area contributed by atoms with Gasteiger partial charge in [0.15, 0.2) is 6.07 Å². The zero-order valence-electron chi connectivity index (χ0n) is 11.6. The summed E-state index contributed by atoms with van der Waals surface area (Å²) in [6.07, 6.45) is 0.0806. The summed E-state index contributed by atoms with van der Waals surface area (Å²) in [4.78, 5) is 23.3. The van der Waals surface area contributed by atoms with Gasteiger partial charge in [-0.05, 0) is 26.7 Å². The van der Waals surface area contributed by atoms with E-state index in [-0.39, 0.29) is 12.0 Å². The molecule has 2 atom stereocenters. The number of alkyl carbamates (subject to hydrolysis) is 1.